The summed E-state index contributed by atoms with van der Waals surface area (Å²) in [4.78, 5) is 16.8. The van der Waals surface area contributed by atoms with Gasteiger partial charge in [0, 0.05) is 19.2 Å². The Kier molecular flexibility index (Phi) is 3.97. The minimum atomic E-state index is -0.621. The topological polar surface area (TPSA) is 116 Å². The van der Waals surface area contributed by atoms with E-state index in [9.17, 15) is 14.4 Å². The Morgan fingerprint density at radius 2 is 2.26 bits per heavy atom. The summed E-state index contributed by atoms with van der Waals surface area (Å²) in [5, 5.41) is 21.9. The van der Waals surface area contributed by atoms with Gasteiger partial charge in [-0.15, -0.1) is 0 Å². The molecule has 1 amide bonds. The zero-order valence-electron chi connectivity index (χ0n) is 14.2. The molecule has 10 heteroatoms. The summed E-state index contributed by atoms with van der Waals surface area (Å²) in [6, 6.07) is 6.02. The highest BCUT2D eigenvalue weighted by Crippen LogP contribution is 2.29. The normalized spacial score (nSPS) is 13.4. The maximum absolute atomic E-state index is 14.4. The van der Waals surface area contributed by atoms with Crippen molar-refractivity contribution in [1.29, 1.82) is 5.26 Å². The number of carbonyl (C=O) groups excluding carboxylic acids is 1. The molecule has 27 heavy (non-hydrogen) atoms. The van der Waals surface area contributed by atoms with Gasteiger partial charge < -0.3 is 20.7 Å². The lowest BCUT2D eigenvalue weighted by molar-refractivity contribution is 0.0948. The summed E-state index contributed by atoms with van der Waals surface area (Å²) >= 11 is 0. The predicted octanol–water partition coefficient (Wildman–Crippen LogP) is 1.65. The molecule has 3 aromatic rings. The first-order valence-electron chi connectivity index (χ1n) is 8.09. The molecule has 0 spiro atoms. The van der Waals surface area contributed by atoms with Gasteiger partial charge >= 0.3 is 0 Å². The molecule has 3 N–H and O–H groups in total. The lowest BCUT2D eigenvalue weighted by atomic mass is 10.2. The number of halogens is 1. The van der Waals surface area contributed by atoms with E-state index in [-0.39, 0.29) is 41.6 Å². The SMILES string of the molecule is CNc1cc2nc3c(cnn13)C(=O)NCCOc1cc(c(F)cc1C#N)N2. The number of rotatable bonds is 1. The smallest absolute Gasteiger partial charge is 0.256 e. The number of amides is 1. The number of benzene rings is 1. The zero-order valence-corrected chi connectivity index (χ0v) is 14.2. The summed E-state index contributed by atoms with van der Waals surface area (Å²) in [6.07, 6.45) is 1.41. The third kappa shape index (κ3) is 2.85. The van der Waals surface area contributed by atoms with Gasteiger partial charge in [-0.25, -0.2) is 9.37 Å². The molecule has 0 saturated heterocycles. The number of anilines is 3. The molecule has 1 aliphatic heterocycles. The monoisotopic (exact) mass is 367 g/mol. The summed E-state index contributed by atoms with van der Waals surface area (Å²) in [5.74, 6) is 0.0901. The average molecular weight is 367 g/mol. The van der Waals surface area contributed by atoms with Crippen LogP contribution < -0.4 is 20.7 Å². The molecule has 0 fully saturated rings. The zero-order chi connectivity index (χ0) is 19.0. The Hall–Kier alpha value is -3.87. The van der Waals surface area contributed by atoms with Crippen molar-refractivity contribution in [3.8, 4) is 11.8 Å². The van der Waals surface area contributed by atoms with E-state index in [4.69, 9.17) is 4.74 Å². The summed E-state index contributed by atoms with van der Waals surface area (Å²) in [6.45, 7) is 0.308. The average Bonchev–Trinajstić information content (AvgIpc) is 3.09. The molecule has 0 unspecified atom stereocenters. The molecule has 1 aliphatic rings. The van der Waals surface area contributed by atoms with Crippen LogP contribution in [0.1, 0.15) is 15.9 Å². The van der Waals surface area contributed by atoms with Gasteiger partial charge in [0.25, 0.3) is 5.91 Å². The van der Waals surface area contributed by atoms with Crippen LogP contribution in [0.15, 0.2) is 24.4 Å². The van der Waals surface area contributed by atoms with Crippen LogP contribution in [0.5, 0.6) is 5.75 Å². The molecular weight excluding hydrogens is 353 g/mol. The standard InChI is InChI=1S/C17H14FN7O2/c1-20-15-6-14-23-12-5-13(9(7-19)4-11(12)18)27-3-2-21-17(26)10-8-22-25(15)16(10)24-14/h4-6,8,20H,2-3H2,1H3,(H,21,26)(H,23,24). The highest BCUT2D eigenvalue weighted by molar-refractivity contribution is 6.00. The summed E-state index contributed by atoms with van der Waals surface area (Å²) < 4.78 is 21.4. The summed E-state index contributed by atoms with van der Waals surface area (Å²) in [5.41, 5.74) is 0.758. The van der Waals surface area contributed by atoms with Crippen LogP contribution in [-0.2, 0) is 0 Å². The molecule has 2 aromatic heterocycles. The number of nitrogens with zero attached hydrogens (tertiary/aromatic N) is 4. The molecule has 4 rings (SSSR count). The second-order valence-electron chi connectivity index (χ2n) is 5.74. The quantitative estimate of drug-likeness (QED) is 0.599. The van der Waals surface area contributed by atoms with E-state index in [1.165, 1.54) is 16.8 Å². The van der Waals surface area contributed by atoms with Gasteiger partial charge in [0.05, 0.1) is 24.0 Å². The van der Waals surface area contributed by atoms with Crippen molar-refractivity contribution in [2.45, 2.75) is 0 Å². The van der Waals surface area contributed by atoms with Gasteiger partial charge in [0.15, 0.2) is 5.65 Å². The minimum absolute atomic E-state index is 0.0650. The van der Waals surface area contributed by atoms with Crippen molar-refractivity contribution < 1.29 is 13.9 Å². The number of nitrogens with one attached hydrogen (secondary N) is 3. The van der Waals surface area contributed by atoms with E-state index >= 15 is 0 Å². The maximum Gasteiger partial charge on any atom is 0.256 e. The highest BCUT2D eigenvalue weighted by Gasteiger charge is 2.19. The van der Waals surface area contributed by atoms with Crippen LogP contribution in [0.4, 0.5) is 21.7 Å². The first-order chi connectivity index (χ1) is 13.1. The lowest BCUT2D eigenvalue weighted by Crippen LogP contribution is -2.28. The first-order valence-corrected chi connectivity index (χ1v) is 8.09. The molecule has 4 bridgehead atoms. The van der Waals surface area contributed by atoms with E-state index in [2.05, 4.69) is 26.0 Å². The number of hydrogen-bond acceptors (Lipinski definition) is 7. The largest absolute Gasteiger partial charge is 0.490 e. The van der Waals surface area contributed by atoms with Gasteiger partial charge in [0.1, 0.15) is 41.4 Å². The fourth-order valence-electron chi connectivity index (χ4n) is 2.78. The number of hydrogen-bond donors (Lipinski definition) is 3. The van der Waals surface area contributed by atoms with Crippen LogP contribution in [-0.4, -0.2) is 40.7 Å². The van der Waals surface area contributed by atoms with Crippen molar-refractivity contribution in [2.75, 3.05) is 30.8 Å². The maximum atomic E-state index is 14.4. The third-order valence-corrected chi connectivity index (χ3v) is 4.07. The van der Waals surface area contributed by atoms with Crippen LogP contribution in [0, 0.1) is 17.1 Å². The Labute approximate surface area is 152 Å². The molecular formula is C17H14FN7O2. The third-order valence-electron chi connectivity index (χ3n) is 4.07. The fraction of sp³-hybridized carbons (Fsp3) is 0.176. The first kappa shape index (κ1) is 16.6. The van der Waals surface area contributed by atoms with Crippen molar-refractivity contribution in [3.63, 3.8) is 0 Å². The number of carbonyl (C=O) groups is 1. The molecule has 0 radical (unpaired) electrons. The van der Waals surface area contributed by atoms with Gasteiger partial charge in [-0.05, 0) is 6.07 Å². The van der Waals surface area contributed by atoms with Crippen molar-refractivity contribution in [3.05, 3.63) is 41.3 Å². The van der Waals surface area contributed by atoms with Gasteiger partial charge in [-0.3, -0.25) is 4.79 Å². The van der Waals surface area contributed by atoms with Crippen LogP contribution >= 0.6 is 0 Å². The van der Waals surface area contributed by atoms with E-state index in [1.54, 1.807) is 13.1 Å². The van der Waals surface area contributed by atoms with E-state index in [0.717, 1.165) is 6.07 Å². The fourth-order valence-corrected chi connectivity index (χ4v) is 2.78. The Balaban J connectivity index is 1.91. The number of nitriles is 1. The van der Waals surface area contributed by atoms with E-state index < -0.39 is 5.82 Å². The van der Waals surface area contributed by atoms with Crippen molar-refractivity contribution in [1.82, 2.24) is 19.9 Å². The number of fused-ring (bicyclic) bond motifs is 3. The number of aromatic nitrogens is 3. The predicted molar refractivity (Wildman–Crippen MR) is 94.8 cm³/mol. The minimum Gasteiger partial charge on any atom is -0.490 e. The van der Waals surface area contributed by atoms with Gasteiger partial charge in [-0.1, -0.05) is 0 Å². The Bertz CT molecular complexity index is 1100. The molecule has 136 valence electrons. The lowest BCUT2D eigenvalue weighted by Gasteiger charge is -2.13. The second-order valence-corrected chi connectivity index (χ2v) is 5.74. The molecule has 0 aliphatic carbocycles. The van der Waals surface area contributed by atoms with E-state index in [1.807, 2.05) is 6.07 Å². The molecule has 1 aromatic carbocycles. The molecule has 0 saturated carbocycles. The van der Waals surface area contributed by atoms with Crippen molar-refractivity contribution in [2.24, 2.45) is 0 Å². The van der Waals surface area contributed by atoms with Gasteiger partial charge in [-0.2, -0.15) is 14.9 Å². The molecule has 3 heterocycles. The van der Waals surface area contributed by atoms with Crippen LogP contribution in [0.3, 0.4) is 0 Å². The second kappa shape index (κ2) is 6.45. The molecule has 9 nitrogen and oxygen atoms in total. The van der Waals surface area contributed by atoms with Crippen molar-refractivity contribution >= 4 is 28.9 Å². The Morgan fingerprint density at radius 1 is 1.41 bits per heavy atom. The summed E-state index contributed by atoms with van der Waals surface area (Å²) in [7, 11) is 1.70. The van der Waals surface area contributed by atoms with Gasteiger partial charge in [0.2, 0.25) is 0 Å². The van der Waals surface area contributed by atoms with Crippen LogP contribution in [0.2, 0.25) is 0 Å². The molecule has 0 atom stereocenters. The van der Waals surface area contributed by atoms with Crippen LogP contribution in [0.25, 0.3) is 5.65 Å². The highest BCUT2D eigenvalue weighted by atomic mass is 19.1. The van der Waals surface area contributed by atoms with E-state index in [0.29, 0.717) is 17.3 Å². The Morgan fingerprint density at radius 3 is 3.04 bits per heavy atom. The number of ether oxygens (including phenoxy) is 1.